The molecule has 1 aromatic carbocycles. The zero-order chi connectivity index (χ0) is 19.2. The molecule has 0 spiro atoms. The lowest BCUT2D eigenvalue weighted by atomic mass is 9.92. The predicted octanol–water partition coefficient (Wildman–Crippen LogP) is 1.92. The number of benzene rings is 1. The molecular weight excluding hydrogens is 338 g/mol. The molecule has 2 atom stereocenters. The lowest BCUT2D eigenvalue weighted by molar-refractivity contribution is -0.327. The van der Waals surface area contributed by atoms with Crippen LogP contribution in [0.2, 0.25) is 0 Å². The molecule has 26 heavy (non-hydrogen) atoms. The van der Waals surface area contributed by atoms with Crippen molar-refractivity contribution in [3.8, 4) is 0 Å². The third kappa shape index (κ3) is 5.27. The Morgan fingerprint density at radius 1 is 1.23 bits per heavy atom. The second-order valence-electron chi connectivity index (χ2n) is 6.72. The summed E-state index contributed by atoms with van der Waals surface area (Å²) in [6, 6.07) is 9.34. The van der Waals surface area contributed by atoms with E-state index in [2.05, 4.69) is 0 Å². The van der Waals surface area contributed by atoms with Crippen LogP contribution in [0.5, 0.6) is 0 Å². The lowest BCUT2D eigenvalue weighted by Crippen LogP contribution is -2.60. The lowest BCUT2D eigenvalue weighted by Gasteiger charge is -2.46. The fourth-order valence-corrected chi connectivity index (χ4v) is 3.05. The van der Waals surface area contributed by atoms with Gasteiger partial charge < -0.3 is 24.7 Å². The highest BCUT2D eigenvalue weighted by Crippen LogP contribution is 2.36. The van der Waals surface area contributed by atoms with Gasteiger partial charge in [-0.05, 0) is 26.3 Å². The van der Waals surface area contributed by atoms with Gasteiger partial charge in [0, 0.05) is 13.0 Å². The van der Waals surface area contributed by atoms with Gasteiger partial charge in [0.2, 0.25) is 0 Å². The number of carbonyl (C=O) groups excluding carboxylic acids is 2. The minimum atomic E-state index is -1.37. The Balaban J connectivity index is 2.10. The van der Waals surface area contributed by atoms with E-state index in [4.69, 9.17) is 24.7 Å². The fraction of sp³-hybridized carbons (Fsp3) is 0.579. The molecule has 1 saturated heterocycles. The van der Waals surface area contributed by atoms with Crippen LogP contribution in [0.25, 0.3) is 0 Å². The van der Waals surface area contributed by atoms with E-state index in [1.165, 1.54) is 0 Å². The molecule has 2 rings (SSSR count). The van der Waals surface area contributed by atoms with Gasteiger partial charge in [0.1, 0.15) is 6.61 Å². The maximum absolute atomic E-state index is 12.8. The summed E-state index contributed by atoms with van der Waals surface area (Å²) >= 11 is 0. The molecule has 2 N–H and O–H groups in total. The molecule has 0 aliphatic carbocycles. The van der Waals surface area contributed by atoms with E-state index in [1.807, 2.05) is 30.3 Å². The average molecular weight is 365 g/mol. The SMILES string of the molecule is CCOC(=O)C[C@H]1C[C@](CN)(C(=O)OCc2ccccc2)OC(C)(C)O1. The maximum Gasteiger partial charge on any atom is 0.340 e. The first-order chi connectivity index (χ1) is 12.3. The first-order valence-electron chi connectivity index (χ1n) is 8.75. The molecule has 1 aliphatic rings. The zero-order valence-electron chi connectivity index (χ0n) is 15.5. The molecule has 1 aromatic rings. The maximum atomic E-state index is 12.8. The van der Waals surface area contributed by atoms with Crippen LogP contribution < -0.4 is 5.73 Å². The quantitative estimate of drug-likeness (QED) is 0.737. The number of carbonyl (C=O) groups is 2. The first-order valence-corrected chi connectivity index (χ1v) is 8.75. The summed E-state index contributed by atoms with van der Waals surface area (Å²) < 4.78 is 22.0. The van der Waals surface area contributed by atoms with Gasteiger partial charge >= 0.3 is 11.9 Å². The molecule has 0 amide bonds. The minimum Gasteiger partial charge on any atom is -0.466 e. The Kier molecular flexibility index (Phi) is 6.75. The second-order valence-corrected chi connectivity index (χ2v) is 6.72. The highest BCUT2D eigenvalue weighted by atomic mass is 16.7. The molecule has 0 unspecified atom stereocenters. The summed E-state index contributed by atoms with van der Waals surface area (Å²) in [5, 5.41) is 0. The fourth-order valence-electron chi connectivity index (χ4n) is 3.05. The molecule has 0 radical (unpaired) electrons. The van der Waals surface area contributed by atoms with Crippen LogP contribution in [0.15, 0.2) is 30.3 Å². The number of hydrogen-bond donors (Lipinski definition) is 1. The van der Waals surface area contributed by atoms with E-state index in [0.29, 0.717) is 0 Å². The van der Waals surface area contributed by atoms with Gasteiger partial charge in [0.15, 0.2) is 11.4 Å². The van der Waals surface area contributed by atoms with Gasteiger partial charge in [-0.2, -0.15) is 0 Å². The van der Waals surface area contributed by atoms with Gasteiger partial charge in [-0.1, -0.05) is 30.3 Å². The van der Waals surface area contributed by atoms with Crippen molar-refractivity contribution in [3.05, 3.63) is 35.9 Å². The van der Waals surface area contributed by atoms with Crippen molar-refractivity contribution < 1.29 is 28.5 Å². The molecule has 0 bridgehead atoms. The molecule has 7 heteroatoms. The van der Waals surface area contributed by atoms with Crippen LogP contribution in [0, 0.1) is 0 Å². The summed E-state index contributed by atoms with van der Waals surface area (Å²) in [5.41, 5.74) is 5.38. The number of esters is 2. The van der Waals surface area contributed by atoms with E-state index in [-0.39, 0.29) is 32.6 Å². The molecule has 1 heterocycles. The third-order valence-corrected chi connectivity index (χ3v) is 4.06. The first kappa shape index (κ1) is 20.4. The van der Waals surface area contributed by atoms with Crippen molar-refractivity contribution in [2.75, 3.05) is 13.2 Å². The van der Waals surface area contributed by atoms with Crippen molar-refractivity contribution >= 4 is 11.9 Å². The summed E-state index contributed by atoms with van der Waals surface area (Å²) in [6.07, 6.45) is -0.404. The summed E-state index contributed by atoms with van der Waals surface area (Å²) in [5.74, 6) is -2.03. The predicted molar refractivity (Wildman–Crippen MR) is 93.9 cm³/mol. The van der Waals surface area contributed by atoms with Crippen LogP contribution >= 0.6 is 0 Å². The van der Waals surface area contributed by atoms with Gasteiger partial charge in [0.05, 0.1) is 19.1 Å². The Bertz CT molecular complexity index is 618. The number of nitrogens with two attached hydrogens (primary N) is 1. The van der Waals surface area contributed by atoms with Gasteiger partial charge in [-0.25, -0.2) is 4.79 Å². The topological polar surface area (TPSA) is 97.1 Å². The Morgan fingerprint density at radius 3 is 2.54 bits per heavy atom. The Hall–Kier alpha value is -1.96. The zero-order valence-corrected chi connectivity index (χ0v) is 15.5. The van der Waals surface area contributed by atoms with E-state index in [0.717, 1.165) is 5.56 Å². The van der Waals surface area contributed by atoms with Crippen molar-refractivity contribution in [1.82, 2.24) is 0 Å². The van der Waals surface area contributed by atoms with Crippen molar-refractivity contribution in [1.29, 1.82) is 0 Å². The van der Waals surface area contributed by atoms with E-state index in [1.54, 1.807) is 20.8 Å². The van der Waals surface area contributed by atoms with Crippen molar-refractivity contribution in [2.45, 2.75) is 57.7 Å². The largest absolute Gasteiger partial charge is 0.466 e. The van der Waals surface area contributed by atoms with Gasteiger partial charge in [-0.15, -0.1) is 0 Å². The number of rotatable bonds is 7. The average Bonchev–Trinajstić information content (AvgIpc) is 2.59. The highest BCUT2D eigenvalue weighted by molar-refractivity contribution is 5.80. The Morgan fingerprint density at radius 2 is 1.92 bits per heavy atom. The molecule has 7 nitrogen and oxygen atoms in total. The molecule has 1 aliphatic heterocycles. The molecule has 0 aromatic heterocycles. The molecule has 144 valence electrons. The number of hydrogen-bond acceptors (Lipinski definition) is 7. The third-order valence-electron chi connectivity index (χ3n) is 4.06. The standard InChI is InChI=1S/C19H27NO6/c1-4-23-16(21)10-15-11-19(13-20,26-18(2,3)25-15)17(22)24-12-14-8-6-5-7-9-14/h5-9,15H,4,10-13,20H2,1-3H3/t15-,19-/m0/s1. The molecule has 0 saturated carbocycles. The van der Waals surface area contributed by atoms with E-state index >= 15 is 0 Å². The number of ether oxygens (including phenoxy) is 4. The monoisotopic (exact) mass is 365 g/mol. The summed E-state index contributed by atoms with van der Waals surface area (Å²) in [4.78, 5) is 24.6. The summed E-state index contributed by atoms with van der Waals surface area (Å²) in [6.45, 7) is 5.42. The summed E-state index contributed by atoms with van der Waals surface area (Å²) in [7, 11) is 0. The van der Waals surface area contributed by atoms with Crippen LogP contribution in [0.3, 0.4) is 0 Å². The van der Waals surface area contributed by atoms with Crippen molar-refractivity contribution in [2.24, 2.45) is 5.73 Å². The van der Waals surface area contributed by atoms with Crippen LogP contribution in [0.1, 0.15) is 39.2 Å². The van der Waals surface area contributed by atoms with Crippen LogP contribution in [-0.4, -0.2) is 42.6 Å². The normalized spacial score (nSPS) is 24.7. The minimum absolute atomic E-state index is 0.0222. The van der Waals surface area contributed by atoms with Crippen LogP contribution in [0.4, 0.5) is 0 Å². The molecular formula is C19H27NO6. The second kappa shape index (κ2) is 8.62. The van der Waals surface area contributed by atoms with E-state index in [9.17, 15) is 9.59 Å². The van der Waals surface area contributed by atoms with Crippen molar-refractivity contribution in [3.63, 3.8) is 0 Å². The van der Waals surface area contributed by atoms with Gasteiger partial charge in [-0.3, -0.25) is 4.79 Å². The van der Waals surface area contributed by atoms with E-state index < -0.39 is 29.4 Å². The van der Waals surface area contributed by atoms with Gasteiger partial charge in [0.25, 0.3) is 0 Å². The Labute approximate surface area is 153 Å². The highest BCUT2D eigenvalue weighted by Gasteiger charge is 2.51. The van der Waals surface area contributed by atoms with Crippen LogP contribution in [-0.2, 0) is 35.1 Å². The molecule has 1 fully saturated rings. The smallest absolute Gasteiger partial charge is 0.340 e.